The van der Waals surface area contributed by atoms with Crippen LogP contribution in [0.4, 0.5) is 5.82 Å². The van der Waals surface area contributed by atoms with E-state index in [0.29, 0.717) is 0 Å². The van der Waals surface area contributed by atoms with Crippen LogP contribution in [0.15, 0.2) is 17.1 Å². The summed E-state index contributed by atoms with van der Waals surface area (Å²) in [5.41, 5.74) is 3.13. The normalized spacial score (nSPS) is 39.1. The zero-order chi connectivity index (χ0) is 17.7. The molecular formula is C13H20N3O7P. The Bertz CT molecular complexity index is 735. The first-order valence-electron chi connectivity index (χ1n) is 7.46. The van der Waals surface area contributed by atoms with E-state index in [-0.39, 0.29) is 18.5 Å². The standard InChI is InChI=1S/C13H20N3O7P/c1-7(2)22-24(19)20-6-8-10(23-24)13(3,18)11(21-8)16-5-4-9(14)15-12(16)17/h4-5,7-8,10-11,18H,6H2,1-3H3,(H2,14,15,17)/t8-,10-,11-,13-,24?/m1/s1. The van der Waals surface area contributed by atoms with Gasteiger partial charge in [0.2, 0.25) is 0 Å². The SMILES string of the molecule is CC(C)OP1(=O)OC[C@H]2O[C@@H](n3ccc(N)nc3=O)[C@](C)(O)[C@@H]2O1. The van der Waals surface area contributed by atoms with Crippen molar-refractivity contribution in [1.29, 1.82) is 0 Å². The number of rotatable bonds is 3. The van der Waals surface area contributed by atoms with E-state index < -0.39 is 37.5 Å². The molecule has 134 valence electrons. The number of ether oxygens (including phenoxy) is 1. The fraction of sp³-hybridized carbons (Fsp3) is 0.692. The van der Waals surface area contributed by atoms with E-state index in [1.807, 2.05) is 0 Å². The van der Waals surface area contributed by atoms with Crippen molar-refractivity contribution >= 4 is 13.6 Å². The monoisotopic (exact) mass is 361 g/mol. The number of fused-ring (bicyclic) bond motifs is 1. The minimum absolute atomic E-state index is 0.0562. The van der Waals surface area contributed by atoms with Crippen molar-refractivity contribution in [3.8, 4) is 0 Å². The summed E-state index contributed by atoms with van der Waals surface area (Å²) < 4.78 is 35.1. The number of nitrogens with zero attached hydrogens (tertiary/aromatic N) is 2. The van der Waals surface area contributed by atoms with Crippen molar-refractivity contribution in [2.24, 2.45) is 0 Å². The maximum absolute atomic E-state index is 12.5. The minimum atomic E-state index is -3.82. The van der Waals surface area contributed by atoms with E-state index in [0.717, 1.165) is 4.57 Å². The van der Waals surface area contributed by atoms with E-state index in [1.165, 1.54) is 19.2 Å². The highest BCUT2D eigenvalue weighted by Crippen LogP contribution is 2.59. The van der Waals surface area contributed by atoms with Gasteiger partial charge in [0.15, 0.2) is 6.23 Å². The number of aromatic nitrogens is 2. The average Bonchev–Trinajstić information content (AvgIpc) is 2.69. The summed E-state index contributed by atoms with van der Waals surface area (Å²) in [6.45, 7) is 4.70. The number of phosphoric acid groups is 1. The van der Waals surface area contributed by atoms with Crippen molar-refractivity contribution < 1.29 is 28.0 Å². The summed E-state index contributed by atoms with van der Waals surface area (Å²) in [5.74, 6) is 0.0562. The van der Waals surface area contributed by atoms with Gasteiger partial charge in [-0.15, -0.1) is 0 Å². The molecule has 2 saturated heterocycles. The van der Waals surface area contributed by atoms with Crippen LogP contribution in [0.1, 0.15) is 27.0 Å². The third kappa shape index (κ3) is 3.01. The van der Waals surface area contributed by atoms with Crippen LogP contribution >= 0.6 is 7.82 Å². The first-order chi connectivity index (χ1) is 11.1. The molecule has 0 saturated carbocycles. The molecule has 24 heavy (non-hydrogen) atoms. The second-order valence-electron chi connectivity index (χ2n) is 6.22. The van der Waals surface area contributed by atoms with Gasteiger partial charge in [-0.1, -0.05) is 0 Å². The van der Waals surface area contributed by atoms with E-state index >= 15 is 0 Å². The summed E-state index contributed by atoms with van der Waals surface area (Å²) in [4.78, 5) is 15.6. The first kappa shape index (κ1) is 17.5. The molecule has 0 aromatic carbocycles. The number of phosphoric ester groups is 1. The summed E-state index contributed by atoms with van der Waals surface area (Å²) in [6.07, 6.45) is -1.83. The van der Waals surface area contributed by atoms with E-state index in [1.54, 1.807) is 13.8 Å². The third-order valence-electron chi connectivity index (χ3n) is 3.80. The Hall–Kier alpha value is -1.29. The predicted molar refractivity (Wildman–Crippen MR) is 82.1 cm³/mol. The Balaban J connectivity index is 1.90. The zero-order valence-corrected chi connectivity index (χ0v) is 14.4. The highest BCUT2D eigenvalue weighted by Gasteiger charge is 2.60. The van der Waals surface area contributed by atoms with Crippen molar-refractivity contribution in [2.75, 3.05) is 12.3 Å². The number of anilines is 1. The Morgan fingerprint density at radius 3 is 2.92 bits per heavy atom. The largest absolute Gasteiger partial charge is 0.475 e. The van der Waals surface area contributed by atoms with Crippen LogP contribution in [0.5, 0.6) is 0 Å². The molecule has 0 amide bonds. The van der Waals surface area contributed by atoms with Crippen molar-refractivity contribution in [1.82, 2.24) is 9.55 Å². The van der Waals surface area contributed by atoms with Gasteiger partial charge in [0.1, 0.15) is 23.6 Å². The van der Waals surface area contributed by atoms with Crippen molar-refractivity contribution in [3.63, 3.8) is 0 Å². The van der Waals surface area contributed by atoms with Gasteiger partial charge in [-0.05, 0) is 26.8 Å². The summed E-state index contributed by atoms with van der Waals surface area (Å²) >= 11 is 0. The Labute approximate surface area is 138 Å². The lowest BCUT2D eigenvalue weighted by molar-refractivity contribution is -0.0946. The van der Waals surface area contributed by atoms with Gasteiger partial charge in [0.25, 0.3) is 0 Å². The fourth-order valence-electron chi connectivity index (χ4n) is 2.79. The zero-order valence-electron chi connectivity index (χ0n) is 13.5. The van der Waals surface area contributed by atoms with Gasteiger partial charge in [-0.25, -0.2) is 9.36 Å². The number of aliphatic hydroxyl groups is 1. The molecule has 0 bridgehead atoms. The summed E-state index contributed by atoms with van der Waals surface area (Å²) in [6, 6.07) is 1.41. The highest BCUT2D eigenvalue weighted by atomic mass is 31.2. The van der Waals surface area contributed by atoms with E-state index in [9.17, 15) is 14.5 Å². The second-order valence-corrected chi connectivity index (χ2v) is 7.79. The lowest BCUT2D eigenvalue weighted by Gasteiger charge is -2.35. The van der Waals surface area contributed by atoms with E-state index in [2.05, 4.69) is 4.98 Å². The highest BCUT2D eigenvalue weighted by molar-refractivity contribution is 7.48. The molecule has 1 aromatic rings. The predicted octanol–water partition coefficient (Wildman–Crippen LogP) is 0.422. The van der Waals surface area contributed by atoms with Gasteiger partial charge in [-0.2, -0.15) is 4.98 Å². The van der Waals surface area contributed by atoms with Crippen LogP contribution < -0.4 is 11.4 Å². The van der Waals surface area contributed by atoms with Crippen molar-refractivity contribution in [3.05, 3.63) is 22.7 Å². The summed E-state index contributed by atoms with van der Waals surface area (Å²) in [5, 5.41) is 10.9. The third-order valence-corrected chi connectivity index (χ3v) is 5.43. The van der Waals surface area contributed by atoms with Crippen LogP contribution in [0.3, 0.4) is 0 Å². The lowest BCUT2D eigenvalue weighted by Crippen LogP contribution is -2.49. The number of nitrogen functional groups attached to an aromatic ring is 1. The molecule has 11 heteroatoms. The molecule has 1 aromatic heterocycles. The van der Waals surface area contributed by atoms with Gasteiger partial charge in [-0.3, -0.25) is 18.1 Å². The maximum Gasteiger partial charge on any atom is 0.475 e. The van der Waals surface area contributed by atoms with Gasteiger partial charge in [0.05, 0.1) is 12.7 Å². The molecule has 2 aliphatic rings. The van der Waals surface area contributed by atoms with Crippen LogP contribution in [0.2, 0.25) is 0 Å². The molecule has 3 N–H and O–H groups in total. The molecule has 10 nitrogen and oxygen atoms in total. The fourth-order valence-corrected chi connectivity index (χ4v) is 4.44. The number of hydrogen-bond donors (Lipinski definition) is 2. The topological polar surface area (TPSA) is 135 Å². The van der Waals surface area contributed by atoms with Gasteiger partial charge in [0, 0.05) is 6.20 Å². The summed E-state index contributed by atoms with van der Waals surface area (Å²) in [7, 11) is -3.82. The molecule has 0 spiro atoms. The molecule has 1 unspecified atom stereocenters. The quantitative estimate of drug-likeness (QED) is 0.734. The molecule has 3 heterocycles. The molecule has 0 radical (unpaired) electrons. The molecule has 3 rings (SSSR count). The lowest BCUT2D eigenvalue weighted by atomic mass is 9.96. The van der Waals surface area contributed by atoms with Crippen LogP contribution in [0, 0.1) is 0 Å². The molecule has 0 aliphatic carbocycles. The Morgan fingerprint density at radius 1 is 1.58 bits per heavy atom. The average molecular weight is 361 g/mol. The second kappa shape index (κ2) is 5.91. The molecular weight excluding hydrogens is 341 g/mol. The van der Waals surface area contributed by atoms with Gasteiger partial charge >= 0.3 is 13.5 Å². The smallest absolute Gasteiger partial charge is 0.383 e. The van der Waals surface area contributed by atoms with Crippen LogP contribution in [0.25, 0.3) is 0 Å². The van der Waals surface area contributed by atoms with Gasteiger partial charge < -0.3 is 15.6 Å². The molecule has 2 fully saturated rings. The molecule has 2 aliphatic heterocycles. The Kier molecular flexibility index (Phi) is 4.31. The maximum atomic E-state index is 12.5. The van der Waals surface area contributed by atoms with Crippen LogP contribution in [-0.2, 0) is 22.9 Å². The minimum Gasteiger partial charge on any atom is -0.383 e. The Morgan fingerprint density at radius 2 is 2.29 bits per heavy atom. The number of nitrogens with two attached hydrogens (primary N) is 1. The van der Waals surface area contributed by atoms with Crippen molar-refractivity contribution in [2.45, 2.75) is 50.9 Å². The van der Waals surface area contributed by atoms with Crippen LogP contribution in [-0.4, -0.2) is 45.2 Å². The first-order valence-corrected chi connectivity index (χ1v) is 8.92. The van der Waals surface area contributed by atoms with E-state index in [4.69, 9.17) is 24.0 Å². The molecule has 5 atom stereocenters. The number of hydrogen-bond acceptors (Lipinski definition) is 9.